The molecular weight excluding hydrogens is 376 g/mol. The van der Waals surface area contributed by atoms with Crippen LogP contribution < -0.4 is 9.47 Å². The molecule has 0 bridgehead atoms. The maximum Gasteiger partial charge on any atom is 0.173 e. The normalized spacial score (nSPS) is 15.5. The fraction of sp³-hybridized carbons (Fsp3) is 0.160. The lowest BCUT2D eigenvalue weighted by Crippen LogP contribution is -2.29. The number of aromatic nitrogens is 2. The Bertz CT molecular complexity index is 1210. The van der Waals surface area contributed by atoms with Gasteiger partial charge in [0, 0.05) is 23.7 Å². The maximum absolute atomic E-state index is 13.0. The summed E-state index contributed by atoms with van der Waals surface area (Å²) in [7, 11) is 0. The third-order valence-corrected chi connectivity index (χ3v) is 5.25. The van der Waals surface area contributed by atoms with Crippen LogP contribution in [0.4, 0.5) is 0 Å². The summed E-state index contributed by atoms with van der Waals surface area (Å²) in [5.41, 5.74) is 3.22. The van der Waals surface area contributed by atoms with Gasteiger partial charge in [0.25, 0.3) is 0 Å². The number of ketones is 1. The summed E-state index contributed by atoms with van der Waals surface area (Å²) in [6, 6.07) is 23.1. The van der Waals surface area contributed by atoms with Crippen LogP contribution in [0.1, 0.15) is 21.7 Å². The SMILES string of the molecule is O=C1c2cc(OCc3ccc4ccccc4n3)ccc2OCC1Cc1ccccn1. The molecule has 4 aromatic rings. The van der Waals surface area contributed by atoms with Crippen LogP contribution in [0, 0.1) is 5.92 Å². The number of pyridine rings is 2. The molecule has 1 aliphatic heterocycles. The number of para-hydroxylation sites is 1. The van der Waals surface area contributed by atoms with Crippen LogP contribution in [0.25, 0.3) is 10.9 Å². The van der Waals surface area contributed by atoms with E-state index in [4.69, 9.17) is 9.47 Å². The minimum atomic E-state index is -0.246. The molecule has 1 aliphatic rings. The third-order valence-electron chi connectivity index (χ3n) is 5.25. The number of hydrogen-bond acceptors (Lipinski definition) is 5. The van der Waals surface area contributed by atoms with E-state index >= 15 is 0 Å². The van der Waals surface area contributed by atoms with Gasteiger partial charge in [0.05, 0.1) is 29.3 Å². The number of ether oxygens (including phenoxy) is 2. The lowest BCUT2D eigenvalue weighted by molar-refractivity contribution is 0.0828. The fourth-order valence-corrected chi connectivity index (χ4v) is 3.67. The molecule has 0 amide bonds. The molecule has 1 unspecified atom stereocenters. The number of fused-ring (bicyclic) bond motifs is 2. The first kappa shape index (κ1) is 18.3. The van der Waals surface area contributed by atoms with Crippen LogP contribution in [-0.4, -0.2) is 22.4 Å². The zero-order valence-corrected chi connectivity index (χ0v) is 16.3. The number of rotatable bonds is 5. The third kappa shape index (κ3) is 3.74. The molecule has 2 aromatic carbocycles. The van der Waals surface area contributed by atoms with E-state index in [-0.39, 0.29) is 11.7 Å². The smallest absolute Gasteiger partial charge is 0.173 e. The summed E-state index contributed by atoms with van der Waals surface area (Å²) in [4.78, 5) is 22.0. The molecule has 0 saturated heterocycles. The zero-order valence-electron chi connectivity index (χ0n) is 16.3. The first-order valence-corrected chi connectivity index (χ1v) is 9.95. The predicted molar refractivity (Wildman–Crippen MR) is 114 cm³/mol. The molecule has 0 radical (unpaired) electrons. The number of Topliss-reactive ketones (excluding diaryl/α,β-unsaturated/α-hetero) is 1. The molecule has 0 aliphatic carbocycles. The van der Waals surface area contributed by atoms with Gasteiger partial charge in [0.1, 0.15) is 18.1 Å². The minimum Gasteiger partial charge on any atom is -0.492 e. The number of benzene rings is 2. The van der Waals surface area contributed by atoms with Crippen molar-refractivity contribution in [3.8, 4) is 11.5 Å². The molecule has 0 spiro atoms. The van der Waals surface area contributed by atoms with Gasteiger partial charge in [0.15, 0.2) is 5.78 Å². The van der Waals surface area contributed by atoms with E-state index in [9.17, 15) is 4.79 Å². The highest BCUT2D eigenvalue weighted by Crippen LogP contribution is 2.32. The van der Waals surface area contributed by atoms with Crippen LogP contribution in [-0.2, 0) is 13.0 Å². The van der Waals surface area contributed by atoms with E-state index < -0.39 is 0 Å². The molecule has 30 heavy (non-hydrogen) atoms. The van der Waals surface area contributed by atoms with E-state index in [1.165, 1.54) is 0 Å². The van der Waals surface area contributed by atoms with Gasteiger partial charge in [-0.3, -0.25) is 9.78 Å². The summed E-state index contributed by atoms with van der Waals surface area (Å²) in [5, 5.41) is 1.09. The molecule has 1 atom stereocenters. The van der Waals surface area contributed by atoms with Gasteiger partial charge in [-0.2, -0.15) is 0 Å². The second kappa shape index (κ2) is 7.95. The standard InChI is InChI=1S/C25H20N2O3/c28-25-18(13-19-6-3-4-12-26-19)15-30-24-11-10-21(14-22(24)25)29-16-20-9-8-17-5-1-2-7-23(17)27-20/h1-12,14,18H,13,15-16H2. The molecule has 0 fully saturated rings. The van der Waals surface area contributed by atoms with E-state index in [2.05, 4.69) is 9.97 Å². The van der Waals surface area contributed by atoms with Crippen molar-refractivity contribution in [2.24, 2.45) is 5.92 Å². The summed E-state index contributed by atoms with van der Waals surface area (Å²) < 4.78 is 11.8. The van der Waals surface area contributed by atoms with Crippen LogP contribution in [0.15, 0.2) is 79.0 Å². The molecular formula is C25H20N2O3. The molecule has 148 valence electrons. The lowest BCUT2D eigenvalue weighted by atomic mass is 9.91. The molecule has 0 saturated carbocycles. The minimum absolute atomic E-state index is 0.0659. The maximum atomic E-state index is 13.0. The quantitative estimate of drug-likeness (QED) is 0.492. The van der Waals surface area contributed by atoms with Crippen molar-refractivity contribution in [1.29, 1.82) is 0 Å². The Hall–Kier alpha value is -3.73. The Kier molecular flexibility index (Phi) is 4.85. The Morgan fingerprint density at radius 3 is 2.77 bits per heavy atom. The van der Waals surface area contributed by atoms with Crippen molar-refractivity contribution >= 4 is 16.7 Å². The first-order valence-electron chi connectivity index (χ1n) is 9.95. The van der Waals surface area contributed by atoms with Crippen LogP contribution in [0.3, 0.4) is 0 Å². The van der Waals surface area contributed by atoms with E-state index in [1.54, 1.807) is 18.3 Å². The van der Waals surface area contributed by atoms with Gasteiger partial charge < -0.3 is 9.47 Å². The van der Waals surface area contributed by atoms with Gasteiger partial charge >= 0.3 is 0 Å². The highest BCUT2D eigenvalue weighted by atomic mass is 16.5. The Morgan fingerprint density at radius 2 is 1.87 bits per heavy atom. The van der Waals surface area contributed by atoms with Crippen LogP contribution in [0.5, 0.6) is 11.5 Å². The van der Waals surface area contributed by atoms with Crippen molar-refractivity contribution in [3.63, 3.8) is 0 Å². The van der Waals surface area contributed by atoms with E-state index in [0.29, 0.717) is 36.7 Å². The van der Waals surface area contributed by atoms with Crippen molar-refractivity contribution in [1.82, 2.24) is 9.97 Å². The van der Waals surface area contributed by atoms with Crippen molar-refractivity contribution in [2.45, 2.75) is 13.0 Å². The summed E-state index contributed by atoms with van der Waals surface area (Å²) in [6.07, 6.45) is 2.30. The number of carbonyl (C=O) groups is 1. The van der Waals surface area contributed by atoms with Crippen LogP contribution in [0.2, 0.25) is 0 Å². The number of carbonyl (C=O) groups excluding carboxylic acids is 1. The highest BCUT2D eigenvalue weighted by Gasteiger charge is 2.29. The van der Waals surface area contributed by atoms with Gasteiger partial charge in [-0.25, -0.2) is 4.98 Å². The predicted octanol–water partition coefficient (Wildman–Crippen LogP) is 4.64. The van der Waals surface area contributed by atoms with Crippen molar-refractivity contribution in [3.05, 3.63) is 95.9 Å². The average Bonchev–Trinajstić information content (AvgIpc) is 2.80. The monoisotopic (exact) mass is 396 g/mol. The second-order valence-electron chi connectivity index (χ2n) is 7.34. The first-order chi connectivity index (χ1) is 14.8. The zero-order chi connectivity index (χ0) is 20.3. The topological polar surface area (TPSA) is 61.3 Å². The lowest BCUT2D eigenvalue weighted by Gasteiger charge is -2.24. The Balaban J connectivity index is 1.31. The molecule has 5 rings (SSSR count). The van der Waals surface area contributed by atoms with Gasteiger partial charge in [-0.05, 0) is 42.5 Å². The molecule has 5 nitrogen and oxygen atoms in total. The molecule has 3 heterocycles. The molecule has 5 heteroatoms. The second-order valence-corrected chi connectivity index (χ2v) is 7.34. The van der Waals surface area contributed by atoms with E-state index in [0.717, 1.165) is 22.3 Å². The molecule has 2 aromatic heterocycles. The summed E-state index contributed by atoms with van der Waals surface area (Å²) in [6.45, 7) is 0.694. The van der Waals surface area contributed by atoms with Crippen molar-refractivity contribution < 1.29 is 14.3 Å². The Labute approximate surface area is 174 Å². The number of hydrogen-bond donors (Lipinski definition) is 0. The summed E-state index contributed by atoms with van der Waals surface area (Å²) in [5.74, 6) is 1.05. The molecule has 0 N–H and O–H groups in total. The van der Waals surface area contributed by atoms with Crippen molar-refractivity contribution in [2.75, 3.05) is 6.61 Å². The summed E-state index contributed by atoms with van der Waals surface area (Å²) >= 11 is 0. The average molecular weight is 396 g/mol. The number of nitrogens with zero attached hydrogens (tertiary/aromatic N) is 2. The highest BCUT2D eigenvalue weighted by molar-refractivity contribution is 6.01. The van der Waals surface area contributed by atoms with Gasteiger partial charge in [-0.15, -0.1) is 0 Å². The van der Waals surface area contributed by atoms with Gasteiger partial charge in [-0.1, -0.05) is 30.3 Å². The van der Waals surface area contributed by atoms with Gasteiger partial charge in [0.2, 0.25) is 0 Å². The fourth-order valence-electron chi connectivity index (χ4n) is 3.67. The van der Waals surface area contributed by atoms with Crippen LogP contribution >= 0.6 is 0 Å². The van der Waals surface area contributed by atoms with E-state index in [1.807, 2.05) is 60.7 Å². The largest absolute Gasteiger partial charge is 0.492 e. The Morgan fingerprint density at radius 1 is 0.967 bits per heavy atom.